The minimum absolute atomic E-state index is 0.507. The molecule has 0 bridgehead atoms. The van der Waals surface area contributed by atoms with E-state index >= 15 is 0 Å². The molecule has 0 radical (unpaired) electrons. The van der Waals surface area contributed by atoms with Crippen LogP contribution < -0.4 is 4.74 Å². The lowest BCUT2D eigenvalue weighted by Gasteiger charge is -2.10. The average molecular weight is 350 g/mol. The molecule has 0 fully saturated rings. The molecule has 3 heteroatoms. The minimum Gasteiger partial charge on any atom is -0.488 e. The van der Waals surface area contributed by atoms with Gasteiger partial charge in [0.1, 0.15) is 12.4 Å². The number of nitrogens with zero attached hydrogens (tertiary/aromatic N) is 1. The fourth-order valence-corrected chi connectivity index (χ4v) is 2.68. The zero-order valence-electron chi connectivity index (χ0n) is 14.4. The van der Waals surface area contributed by atoms with E-state index in [2.05, 4.69) is 24.9 Å². The highest BCUT2D eigenvalue weighted by Gasteiger charge is 2.05. The van der Waals surface area contributed by atoms with E-state index in [9.17, 15) is 0 Å². The van der Waals surface area contributed by atoms with Gasteiger partial charge >= 0.3 is 0 Å². The molecule has 126 valence electrons. The number of ether oxygens (including phenoxy) is 1. The second kappa shape index (κ2) is 8.00. The summed E-state index contributed by atoms with van der Waals surface area (Å²) in [5, 5.41) is 0.662. The van der Waals surface area contributed by atoms with Crippen molar-refractivity contribution in [1.82, 2.24) is 0 Å². The molecule has 3 rings (SSSR count). The molecule has 0 N–H and O–H groups in total. The largest absolute Gasteiger partial charge is 0.488 e. The lowest BCUT2D eigenvalue weighted by Crippen LogP contribution is -1.98. The predicted octanol–water partition coefficient (Wildman–Crippen LogP) is 6.29. The molecule has 0 spiro atoms. The Morgan fingerprint density at radius 1 is 0.960 bits per heavy atom. The fraction of sp³-hybridized carbons (Fsp3) is 0.136. The van der Waals surface area contributed by atoms with Crippen LogP contribution in [0.5, 0.6) is 5.75 Å². The molecule has 3 aromatic carbocycles. The van der Waals surface area contributed by atoms with Crippen molar-refractivity contribution in [3.05, 3.63) is 94.0 Å². The van der Waals surface area contributed by atoms with Gasteiger partial charge in [-0.2, -0.15) is 0 Å². The quantitative estimate of drug-likeness (QED) is 0.496. The highest BCUT2D eigenvalue weighted by molar-refractivity contribution is 6.30. The minimum atomic E-state index is 0.507. The third-order valence-electron chi connectivity index (χ3n) is 4.13. The van der Waals surface area contributed by atoms with E-state index in [4.69, 9.17) is 16.3 Å². The van der Waals surface area contributed by atoms with E-state index in [1.165, 1.54) is 11.1 Å². The summed E-state index contributed by atoms with van der Waals surface area (Å²) in [7, 11) is 0. The summed E-state index contributed by atoms with van der Waals surface area (Å²) in [4.78, 5) is 4.63. The third-order valence-corrected chi connectivity index (χ3v) is 4.36. The molecule has 2 nitrogen and oxygen atoms in total. The highest BCUT2D eigenvalue weighted by atomic mass is 35.5. The summed E-state index contributed by atoms with van der Waals surface area (Å²) in [5.41, 5.74) is 5.34. The topological polar surface area (TPSA) is 21.6 Å². The molecule has 0 amide bonds. The summed E-state index contributed by atoms with van der Waals surface area (Å²) < 4.78 is 5.97. The maximum absolute atomic E-state index is 6.16. The molecule has 0 heterocycles. The summed E-state index contributed by atoms with van der Waals surface area (Å²) in [6.07, 6.45) is 1.81. The second-order valence-electron chi connectivity index (χ2n) is 5.93. The number of halogens is 1. The van der Waals surface area contributed by atoms with Gasteiger partial charge in [-0.25, -0.2) is 0 Å². The molecule has 0 aliphatic rings. The van der Waals surface area contributed by atoms with Crippen LogP contribution in [-0.4, -0.2) is 6.21 Å². The number of rotatable bonds is 5. The maximum atomic E-state index is 6.16. The van der Waals surface area contributed by atoms with Gasteiger partial charge in [-0.15, -0.1) is 0 Å². The number of hydrogen-bond acceptors (Lipinski definition) is 2. The van der Waals surface area contributed by atoms with E-state index in [1.807, 2.05) is 66.9 Å². The van der Waals surface area contributed by atoms with Crippen LogP contribution in [0.4, 0.5) is 5.69 Å². The van der Waals surface area contributed by atoms with Crippen molar-refractivity contribution in [2.45, 2.75) is 20.5 Å². The zero-order valence-corrected chi connectivity index (χ0v) is 15.1. The highest BCUT2D eigenvalue weighted by Crippen LogP contribution is 2.25. The Morgan fingerprint density at radius 3 is 2.56 bits per heavy atom. The van der Waals surface area contributed by atoms with Crippen molar-refractivity contribution in [2.75, 3.05) is 0 Å². The van der Waals surface area contributed by atoms with Gasteiger partial charge in [0, 0.05) is 16.8 Å². The normalized spacial score (nSPS) is 11.0. The van der Waals surface area contributed by atoms with E-state index in [0.29, 0.717) is 11.6 Å². The number of benzene rings is 3. The van der Waals surface area contributed by atoms with Gasteiger partial charge in [0.05, 0.1) is 5.69 Å². The SMILES string of the molecule is Cc1cccc(N=Cc2cc(Cl)ccc2OCc2ccccc2)c1C. The van der Waals surface area contributed by atoms with Crippen LogP contribution in [0.2, 0.25) is 5.02 Å². The van der Waals surface area contributed by atoms with Gasteiger partial charge in [-0.3, -0.25) is 4.99 Å². The standard InChI is InChI=1S/C22H20ClNO/c1-16-7-6-10-21(17(16)2)24-14-19-13-20(23)11-12-22(19)25-15-18-8-4-3-5-9-18/h3-14H,15H2,1-2H3. The van der Waals surface area contributed by atoms with Crippen LogP contribution in [0.15, 0.2) is 71.7 Å². The van der Waals surface area contributed by atoms with Crippen LogP contribution in [0.25, 0.3) is 0 Å². The number of hydrogen-bond donors (Lipinski definition) is 0. The summed E-state index contributed by atoms with van der Waals surface area (Å²) in [5.74, 6) is 0.766. The summed E-state index contributed by atoms with van der Waals surface area (Å²) >= 11 is 6.16. The van der Waals surface area contributed by atoms with Crippen molar-refractivity contribution in [1.29, 1.82) is 0 Å². The third kappa shape index (κ3) is 4.49. The van der Waals surface area contributed by atoms with E-state index in [-0.39, 0.29) is 0 Å². The Kier molecular flexibility index (Phi) is 5.52. The Labute approximate surface area is 153 Å². The van der Waals surface area contributed by atoms with Crippen molar-refractivity contribution >= 4 is 23.5 Å². The van der Waals surface area contributed by atoms with Gasteiger partial charge in [0.25, 0.3) is 0 Å². The monoisotopic (exact) mass is 349 g/mol. The van der Waals surface area contributed by atoms with E-state index in [1.54, 1.807) is 0 Å². The van der Waals surface area contributed by atoms with E-state index < -0.39 is 0 Å². The van der Waals surface area contributed by atoms with Gasteiger partial charge in [0.15, 0.2) is 0 Å². The van der Waals surface area contributed by atoms with Crippen LogP contribution >= 0.6 is 11.6 Å². The van der Waals surface area contributed by atoms with Crippen molar-refractivity contribution in [3.8, 4) is 5.75 Å². The first-order valence-corrected chi connectivity index (χ1v) is 8.58. The Balaban J connectivity index is 1.84. The summed E-state index contributed by atoms with van der Waals surface area (Å²) in [6.45, 7) is 4.67. The molecular formula is C22H20ClNO. The molecule has 0 saturated heterocycles. The Hall–Kier alpha value is -2.58. The predicted molar refractivity (Wildman–Crippen MR) is 105 cm³/mol. The second-order valence-corrected chi connectivity index (χ2v) is 6.37. The lowest BCUT2D eigenvalue weighted by atomic mass is 10.1. The van der Waals surface area contributed by atoms with Gasteiger partial charge in [0.2, 0.25) is 0 Å². The van der Waals surface area contributed by atoms with Crippen LogP contribution in [0, 0.1) is 13.8 Å². The van der Waals surface area contributed by atoms with Crippen LogP contribution in [-0.2, 0) is 6.61 Å². The lowest BCUT2D eigenvalue weighted by molar-refractivity contribution is 0.306. The van der Waals surface area contributed by atoms with Crippen molar-refractivity contribution < 1.29 is 4.74 Å². The number of aliphatic imine (C=N–C) groups is 1. The molecule has 0 saturated carbocycles. The Bertz CT molecular complexity index is 888. The van der Waals surface area contributed by atoms with Crippen LogP contribution in [0.3, 0.4) is 0 Å². The fourth-order valence-electron chi connectivity index (χ4n) is 2.50. The average Bonchev–Trinajstić information content (AvgIpc) is 2.63. The smallest absolute Gasteiger partial charge is 0.128 e. The molecular weight excluding hydrogens is 330 g/mol. The zero-order chi connectivity index (χ0) is 17.6. The van der Waals surface area contributed by atoms with Crippen molar-refractivity contribution in [2.24, 2.45) is 4.99 Å². The Morgan fingerprint density at radius 2 is 1.76 bits per heavy atom. The first kappa shape index (κ1) is 17.2. The molecule has 25 heavy (non-hydrogen) atoms. The maximum Gasteiger partial charge on any atom is 0.128 e. The van der Waals surface area contributed by atoms with Crippen molar-refractivity contribution in [3.63, 3.8) is 0 Å². The van der Waals surface area contributed by atoms with Gasteiger partial charge in [-0.05, 0) is 54.8 Å². The molecule has 0 aromatic heterocycles. The number of aryl methyl sites for hydroxylation is 1. The molecule has 0 aliphatic carbocycles. The molecule has 0 atom stereocenters. The molecule has 0 unspecified atom stereocenters. The summed E-state index contributed by atoms with van der Waals surface area (Å²) in [6, 6.07) is 21.8. The van der Waals surface area contributed by atoms with E-state index in [0.717, 1.165) is 22.6 Å². The van der Waals surface area contributed by atoms with Gasteiger partial charge < -0.3 is 4.74 Å². The molecule has 0 aliphatic heterocycles. The van der Waals surface area contributed by atoms with Crippen LogP contribution in [0.1, 0.15) is 22.3 Å². The first-order valence-electron chi connectivity index (χ1n) is 8.20. The molecule has 3 aromatic rings. The van der Waals surface area contributed by atoms with Gasteiger partial charge in [-0.1, -0.05) is 54.1 Å². The first-order chi connectivity index (χ1) is 12.1.